The molecule has 1 aliphatic heterocycles. The monoisotopic (exact) mass is 331 g/mol. The van der Waals surface area contributed by atoms with E-state index in [2.05, 4.69) is 15.6 Å². The van der Waals surface area contributed by atoms with Crippen LogP contribution in [0.4, 0.5) is 4.79 Å². The van der Waals surface area contributed by atoms with Gasteiger partial charge in [-0.2, -0.15) is 0 Å². The average Bonchev–Trinajstić information content (AvgIpc) is 2.90. The van der Waals surface area contributed by atoms with Crippen LogP contribution in [0.2, 0.25) is 0 Å². The Morgan fingerprint density at radius 1 is 1.43 bits per heavy atom. The largest absolute Gasteiger partial charge is 0.476 e. The highest BCUT2D eigenvalue weighted by atomic mass is 32.2. The van der Waals surface area contributed by atoms with Gasteiger partial charge < -0.3 is 15.7 Å². The van der Waals surface area contributed by atoms with Crippen molar-refractivity contribution in [2.75, 3.05) is 18.1 Å². The van der Waals surface area contributed by atoms with Crippen LogP contribution in [0, 0.1) is 0 Å². The summed E-state index contributed by atoms with van der Waals surface area (Å²) in [6.45, 7) is 0.400. The van der Waals surface area contributed by atoms with Crippen molar-refractivity contribution in [3.8, 4) is 0 Å². The van der Waals surface area contributed by atoms with Crippen LogP contribution in [0.1, 0.15) is 28.3 Å². The minimum Gasteiger partial charge on any atom is -0.476 e. The molecule has 1 fully saturated rings. The van der Waals surface area contributed by atoms with Crippen LogP contribution in [0.3, 0.4) is 0 Å². The van der Waals surface area contributed by atoms with Gasteiger partial charge in [0, 0.05) is 46.7 Å². The Hall–Kier alpha value is -1.48. The molecule has 2 rings (SSSR count). The highest BCUT2D eigenvalue weighted by Crippen LogP contribution is 2.10. The maximum Gasteiger partial charge on any atom is 0.355 e. The molecule has 2 amide bonds. The Balaban J connectivity index is 1.66. The minimum atomic E-state index is -1.04. The molecule has 0 unspecified atom stereocenters. The van der Waals surface area contributed by atoms with Crippen molar-refractivity contribution >= 4 is 34.1 Å². The van der Waals surface area contributed by atoms with E-state index in [9.17, 15) is 13.8 Å². The lowest BCUT2D eigenvalue weighted by atomic mass is 10.2. The molecule has 0 radical (unpaired) electrons. The number of carbonyl (C=O) groups is 2. The molecular weight excluding hydrogens is 314 g/mol. The van der Waals surface area contributed by atoms with Crippen LogP contribution in [-0.2, 0) is 17.2 Å². The summed E-state index contributed by atoms with van der Waals surface area (Å²) in [5, 5.41) is 16.5. The first kappa shape index (κ1) is 15.9. The number of aromatic carboxylic acids is 1. The van der Waals surface area contributed by atoms with E-state index in [1.165, 1.54) is 16.7 Å². The van der Waals surface area contributed by atoms with E-state index < -0.39 is 16.8 Å². The van der Waals surface area contributed by atoms with Crippen molar-refractivity contribution in [3.05, 3.63) is 16.1 Å². The Bertz CT molecular complexity index is 536. The molecule has 0 aliphatic carbocycles. The summed E-state index contributed by atoms with van der Waals surface area (Å²) in [7, 11) is -0.734. The van der Waals surface area contributed by atoms with Gasteiger partial charge in [-0.15, -0.1) is 11.3 Å². The smallest absolute Gasteiger partial charge is 0.355 e. The van der Waals surface area contributed by atoms with E-state index in [0.29, 0.717) is 29.5 Å². The fourth-order valence-corrected chi connectivity index (χ4v) is 4.05. The lowest BCUT2D eigenvalue weighted by molar-refractivity contribution is 0.0691. The number of amides is 2. The van der Waals surface area contributed by atoms with Gasteiger partial charge in [-0.3, -0.25) is 4.21 Å². The second-order valence-electron chi connectivity index (χ2n) is 4.70. The molecule has 0 bridgehead atoms. The van der Waals surface area contributed by atoms with Gasteiger partial charge in [0.2, 0.25) is 0 Å². The topological polar surface area (TPSA) is 108 Å². The van der Waals surface area contributed by atoms with E-state index in [1.54, 1.807) is 0 Å². The third kappa shape index (κ3) is 5.09. The van der Waals surface area contributed by atoms with Crippen molar-refractivity contribution in [3.63, 3.8) is 0 Å². The maximum atomic E-state index is 11.7. The van der Waals surface area contributed by atoms with Crippen LogP contribution >= 0.6 is 11.3 Å². The number of carbonyl (C=O) groups excluding carboxylic acids is 1. The predicted octanol–water partition coefficient (Wildman–Crippen LogP) is 0.594. The number of hydrogen-bond acceptors (Lipinski definition) is 5. The van der Waals surface area contributed by atoms with Gasteiger partial charge >= 0.3 is 12.0 Å². The summed E-state index contributed by atoms with van der Waals surface area (Å²) in [5.41, 5.74) is 0.0367. The van der Waals surface area contributed by atoms with Crippen LogP contribution in [0.25, 0.3) is 0 Å². The summed E-state index contributed by atoms with van der Waals surface area (Å²) in [5.74, 6) is 0.238. The van der Waals surface area contributed by atoms with Crippen LogP contribution in [0.15, 0.2) is 5.38 Å². The molecule has 1 aromatic heterocycles. The van der Waals surface area contributed by atoms with Gasteiger partial charge in [0.15, 0.2) is 5.69 Å². The number of nitrogens with one attached hydrogen (secondary N) is 2. The Kier molecular flexibility index (Phi) is 5.68. The fourth-order valence-electron chi connectivity index (χ4n) is 1.98. The summed E-state index contributed by atoms with van der Waals surface area (Å²) >= 11 is 1.27. The Morgan fingerprint density at radius 2 is 2.14 bits per heavy atom. The van der Waals surface area contributed by atoms with Gasteiger partial charge in [0.05, 0.1) is 5.01 Å². The molecule has 0 saturated carbocycles. The third-order valence-corrected chi connectivity index (χ3v) is 5.41. The Morgan fingerprint density at radius 3 is 2.76 bits per heavy atom. The summed E-state index contributed by atoms with van der Waals surface area (Å²) in [6.07, 6.45) is 1.99. The fraction of sp³-hybridized carbons (Fsp3) is 0.583. The minimum absolute atomic E-state index is 0.0367. The number of carboxylic acid groups (broad SMARTS) is 1. The molecule has 0 aromatic carbocycles. The van der Waals surface area contributed by atoms with Gasteiger partial charge in [-0.1, -0.05) is 0 Å². The lowest BCUT2D eigenvalue weighted by Crippen LogP contribution is -2.45. The zero-order valence-corrected chi connectivity index (χ0v) is 13.0. The second kappa shape index (κ2) is 7.51. The van der Waals surface area contributed by atoms with Crippen molar-refractivity contribution in [1.82, 2.24) is 15.6 Å². The van der Waals surface area contributed by atoms with Crippen molar-refractivity contribution in [2.24, 2.45) is 0 Å². The molecule has 0 spiro atoms. The first-order valence-corrected chi connectivity index (χ1v) is 8.98. The number of carboxylic acids is 1. The van der Waals surface area contributed by atoms with Crippen LogP contribution < -0.4 is 10.6 Å². The maximum absolute atomic E-state index is 11.7. The van der Waals surface area contributed by atoms with Crippen LogP contribution in [-0.4, -0.2) is 50.4 Å². The van der Waals surface area contributed by atoms with Crippen molar-refractivity contribution in [1.29, 1.82) is 0 Å². The lowest BCUT2D eigenvalue weighted by Gasteiger charge is -2.22. The van der Waals surface area contributed by atoms with Crippen LogP contribution in [0.5, 0.6) is 0 Å². The number of nitrogens with zero attached hydrogens (tertiary/aromatic N) is 1. The molecule has 7 nitrogen and oxygen atoms in total. The standard InChI is InChI=1S/C12H17N3O4S2/c16-11(17)9-7-20-10(15-9)1-4-13-12(18)14-8-2-5-21(19)6-3-8/h7-8H,1-6H2,(H,16,17)(H2,13,14,18). The summed E-state index contributed by atoms with van der Waals surface area (Å²) < 4.78 is 11.2. The second-order valence-corrected chi connectivity index (χ2v) is 7.34. The molecule has 9 heteroatoms. The molecule has 1 aliphatic rings. The van der Waals surface area contributed by atoms with Crippen molar-refractivity contribution in [2.45, 2.75) is 25.3 Å². The highest BCUT2D eigenvalue weighted by Gasteiger charge is 2.19. The molecule has 3 N–H and O–H groups in total. The van der Waals surface area contributed by atoms with Gasteiger partial charge in [0.25, 0.3) is 0 Å². The van der Waals surface area contributed by atoms with Gasteiger partial charge in [0.1, 0.15) is 0 Å². The predicted molar refractivity (Wildman–Crippen MR) is 80.2 cm³/mol. The molecular formula is C12H17N3O4S2. The molecule has 2 heterocycles. The first-order chi connectivity index (χ1) is 10.0. The highest BCUT2D eigenvalue weighted by molar-refractivity contribution is 7.85. The molecule has 116 valence electrons. The van der Waals surface area contributed by atoms with E-state index in [0.717, 1.165) is 12.8 Å². The van der Waals surface area contributed by atoms with Crippen molar-refractivity contribution < 1.29 is 18.9 Å². The zero-order chi connectivity index (χ0) is 15.2. The third-order valence-electron chi connectivity index (χ3n) is 3.12. The van der Waals surface area contributed by atoms with E-state index in [1.807, 2.05) is 0 Å². The van der Waals surface area contributed by atoms with Gasteiger partial charge in [-0.05, 0) is 12.8 Å². The average molecular weight is 331 g/mol. The number of rotatable bonds is 5. The molecule has 1 saturated heterocycles. The van der Waals surface area contributed by atoms with E-state index >= 15 is 0 Å². The zero-order valence-electron chi connectivity index (χ0n) is 11.3. The molecule has 0 atom stereocenters. The number of thiazole rings is 1. The number of urea groups is 1. The first-order valence-electron chi connectivity index (χ1n) is 6.61. The Labute approximate surface area is 128 Å². The summed E-state index contributed by atoms with van der Waals surface area (Å²) in [4.78, 5) is 26.3. The SMILES string of the molecule is O=C(NCCc1nc(C(=O)O)cs1)NC1CCS(=O)CC1. The number of hydrogen-bond donors (Lipinski definition) is 3. The molecule has 21 heavy (non-hydrogen) atoms. The molecule has 1 aromatic rings. The summed E-state index contributed by atoms with van der Waals surface area (Å²) in [6, 6.07) is -0.163. The van der Waals surface area contributed by atoms with E-state index in [-0.39, 0.29) is 17.8 Å². The van der Waals surface area contributed by atoms with Gasteiger partial charge in [-0.25, -0.2) is 14.6 Å². The number of aromatic nitrogens is 1. The quantitative estimate of drug-likeness (QED) is 0.732. The normalized spacial score (nSPS) is 21.7. The van der Waals surface area contributed by atoms with E-state index in [4.69, 9.17) is 5.11 Å².